The lowest BCUT2D eigenvalue weighted by Crippen LogP contribution is -2.44. The van der Waals surface area contributed by atoms with E-state index in [1.807, 2.05) is 64.1 Å². The molecule has 2 rings (SSSR count). The number of hydrogen-bond acceptors (Lipinski definition) is 6. The van der Waals surface area contributed by atoms with Crippen molar-refractivity contribution < 1.29 is 20.4 Å². The molecule has 152 valence electrons. The van der Waals surface area contributed by atoms with Gasteiger partial charge in [-0.15, -0.1) is 5.11 Å². The van der Waals surface area contributed by atoms with Crippen molar-refractivity contribution in [2.45, 2.75) is 46.0 Å². The molecule has 3 atom stereocenters. The highest BCUT2D eigenvalue weighted by atomic mass is 16.4. The molecule has 0 heterocycles. The number of benzene rings is 2. The fraction of sp³-hybridized carbons (Fsp3) is 0.429. The van der Waals surface area contributed by atoms with Gasteiger partial charge in [0.15, 0.2) is 0 Å². The lowest BCUT2D eigenvalue weighted by molar-refractivity contribution is -0.0732. The van der Waals surface area contributed by atoms with Crippen molar-refractivity contribution in [3.05, 3.63) is 58.7 Å². The van der Waals surface area contributed by atoms with Gasteiger partial charge in [-0.1, -0.05) is 17.4 Å². The van der Waals surface area contributed by atoms with E-state index in [1.54, 1.807) is 0 Å². The summed E-state index contributed by atoms with van der Waals surface area (Å²) in [5.41, 5.74) is 5.78. The Morgan fingerprint density at radius 3 is 2.00 bits per heavy atom. The van der Waals surface area contributed by atoms with Crippen LogP contribution in [0.3, 0.4) is 0 Å². The number of nitrogens with zero attached hydrogens (tertiary/aromatic N) is 3. The Labute approximate surface area is 165 Å². The van der Waals surface area contributed by atoms with E-state index in [2.05, 4.69) is 10.3 Å². The monoisotopic (exact) mass is 387 g/mol. The average Bonchev–Trinajstić information content (AvgIpc) is 2.68. The van der Waals surface area contributed by atoms with Gasteiger partial charge in [0.2, 0.25) is 0 Å². The Bertz CT molecular complexity index is 825. The van der Waals surface area contributed by atoms with Gasteiger partial charge < -0.3 is 20.4 Å². The molecule has 0 saturated carbocycles. The van der Waals surface area contributed by atoms with E-state index in [-0.39, 0.29) is 6.54 Å². The summed E-state index contributed by atoms with van der Waals surface area (Å²) in [5, 5.41) is 48.8. The fourth-order valence-electron chi connectivity index (χ4n) is 2.62. The quantitative estimate of drug-likeness (QED) is 0.411. The van der Waals surface area contributed by atoms with E-state index < -0.39 is 24.9 Å². The highest BCUT2D eigenvalue weighted by Crippen LogP contribution is 2.23. The van der Waals surface area contributed by atoms with Crippen LogP contribution >= 0.6 is 0 Å². The third kappa shape index (κ3) is 5.59. The number of hydrogen-bond donors (Lipinski definition) is 4. The van der Waals surface area contributed by atoms with Crippen molar-refractivity contribution in [1.29, 1.82) is 0 Å². The Kier molecular flexibility index (Phi) is 7.65. The van der Waals surface area contributed by atoms with Crippen LogP contribution < -0.4 is 5.01 Å². The van der Waals surface area contributed by atoms with Gasteiger partial charge in [-0.25, -0.2) is 5.01 Å². The summed E-state index contributed by atoms with van der Waals surface area (Å²) < 4.78 is 0. The Balaban J connectivity index is 2.30. The molecule has 0 aliphatic carbocycles. The molecule has 0 amide bonds. The second-order valence-corrected chi connectivity index (χ2v) is 7.12. The molecular formula is C21H29N3O4. The molecule has 0 unspecified atom stereocenters. The predicted octanol–water partition coefficient (Wildman–Crippen LogP) is 2.50. The van der Waals surface area contributed by atoms with E-state index >= 15 is 0 Å². The fourth-order valence-corrected chi connectivity index (χ4v) is 2.62. The molecule has 0 aliphatic rings. The zero-order valence-corrected chi connectivity index (χ0v) is 16.7. The maximum atomic E-state index is 10.3. The van der Waals surface area contributed by atoms with Crippen molar-refractivity contribution >= 4 is 11.4 Å². The van der Waals surface area contributed by atoms with Crippen molar-refractivity contribution in [2.75, 3.05) is 18.2 Å². The van der Waals surface area contributed by atoms with Gasteiger partial charge in [-0.2, -0.15) is 0 Å². The van der Waals surface area contributed by atoms with Gasteiger partial charge in [-0.3, -0.25) is 0 Å². The van der Waals surface area contributed by atoms with Gasteiger partial charge in [-0.05, 0) is 74.2 Å². The number of rotatable bonds is 8. The van der Waals surface area contributed by atoms with Crippen LogP contribution in [-0.2, 0) is 0 Å². The maximum Gasteiger partial charge on any atom is 0.110 e. The number of anilines is 1. The minimum absolute atomic E-state index is 0.102. The van der Waals surface area contributed by atoms with Crippen molar-refractivity contribution in [3.63, 3.8) is 0 Å². The van der Waals surface area contributed by atoms with Gasteiger partial charge in [0.25, 0.3) is 0 Å². The van der Waals surface area contributed by atoms with Crippen LogP contribution in [0, 0.1) is 27.7 Å². The molecule has 4 N–H and O–H groups in total. The molecule has 2 aromatic carbocycles. The normalized spacial score (nSPS) is 14.9. The van der Waals surface area contributed by atoms with Crippen LogP contribution in [0.4, 0.5) is 11.4 Å². The van der Waals surface area contributed by atoms with E-state index in [9.17, 15) is 15.3 Å². The molecule has 7 nitrogen and oxygen atoms in total. The van der Waals surface area contributed by atoms with E-state index in [0.29, 0.717) is 11.4 Å². The predicted molar refractivity (Wildman–Crippen MR) is 109 cm³/mol. The molecule has 0 aliphatic heterocycles. The SMILES string of the molecule is Cc1ccc(N=NN(C[C@@H](O)[C@H](O)[C@H](O)CO)c2ccc(C)c(C)c2)cc1C. The summed E-state index contributed by atoms with van der Waals surface area (Å²) >= 11 is 0. The molecule has 0 bridgehead atoms. The first kappa shape index (κ1) is 22.0. The largest absolute Gasteiger partial charge is 0.394 e. The molecule has 28 heavy (non-hydrogen) atoms. The average molecular weight is 387 g/mol. The Hall–Kier alpha value is -2.32. The third-order valence-electron chi connectivity index (χ3n) is 4.88. The molecule has 0 radical (unpaired) electrons. The van der Waals surface area contributed by atoms with E-state index in [1.165, 1.54) is 5.01 Å². The Morgan fingerprint density at radius 2 is 1.43 bits per heavy atom. The topological polar surface area (TPSA) is 109 Å². The zero-order valence-electron chi connectivity index (χ0n) is 16.7. The van der Waals surface area contributed by atoms with Crippen LogP contribution in [0.5, 0.6) is 0 Å². The second kappa shape index (κ2) is 9.75. The zero-order chi connectivity index (χ0) is 20.8. The van der Waals surface area contributed by atoms with E-state index in [0.717, 1.165) is 22.3 Å². The smallest absolute Gasteiger partial charge is 0.110 e. The van der Waals surface area contributed by atoms with Gasteiger partial charge in [0, 0.05) is 0 Å². The van der Waals surface area contributed by atoms with Crippen LogP contribution in [0.25, 0.3) is 0 Å². The first-order chi connectivity index (χ1) is 13.2. The van der Waals surface area contributed by atoms with Gasteiger partial charge in [0.05, 0.1) is 24.5 Å². The molecule has 2 aromatic rings. The lowest BCUT2D eigenvalue weighted by Gasteiger charge is -2.26. The summed E-state index contributed by atoms with van der Waals surface area (Å²) in [6.07, 6.45) is -4.27. The standard InChI is InChI=1S/C21H29N3O4/c1-13-5-7-17(9-15(13)3)22-23-24(11-19(26)21(28)20(27)12-25)18-8-6-14(2)16(4)10-18/h5-10,19-21,25-28H,11-12H2,1-4H3/t19-,20-,21+/m1/s1. The van der Waals surface area contributed by atoms with Crippen LogP contribution in [0.15, 0.2) is 46.7 Å². The first-order valence-corrected chi connectivity index (χ1v) is 9.21. The summed E-state index contributed by atoms with van der Waals surface area (Å²) in [6.45, 7) is 7.23. The third-order valence-corrected chi connectivity index (χ3v) is 4.88. The number of aliphatic hydroxyl groups excluding tert-OH is 4. The molecule has 0 spiro atoms. The molecule has 0 aromatic heterocycles. The van der Waals surface area contributed by atoms with Crippen molar-refractivity contribution in [3.8, 4) is 0 Å². The Morgan fingerprint density at radius 1 is 0.821 bits per heavy atom. The molecule has 0 saturated heterocycles. The minimum atomic E-state index is -1.50. The van der Waals surface area contributed by atoms with E-state index in [4.69, 9.17) is 5.11 Å². The van der Waals surface area contributed by atoms with Crippen molar-refractivity contribution in [2.24, 2.45) is 10.3 Å². The molecule has 7 heteroatoms. The second-order valence-electron chi connectivity index (χ2n) is 7.12. The van der Waals surface area contributed by atoms with Crippen LogP contribution in [-0.4, -0.2) is 51.9 Å². The van der Waals surface area contributed by atoms with Crippen LogP contribution in [0.1, 0.15) is 22.3 Å². The molecular weight excluding hydrogens is 358 g/mol. The maximum absolute atomic E-state index is 10.3. The minimum Gasteiger partial charge on any atom is -0.394 e. The number of aliphatic hydroxyl groups is 4. The first-order valence-electron chi connectivity index (χ1n) is 9.21. The highest BCUT2D eigenvalue weighted by molar-refractivity contribution is 5.50. The van der Waals surface area contributed by atoms with Gasteiger partial charge >= 0.3 is 0 Å². The lowest BCUT2D eigenvalue weighted by atomic mass is 10.1. The van der Waals surface area contributed by atoms with Crippen LogP contribution in [0.2, 0.25) is 0 Å². The highest BCUT2D eigenvalue weighted by Gasteiger charge is 2.26. The van der Waals surface area contributed by atoms with Crippen molar-refractivity contribution in [1.82, 2.24) is 0 Å². The summed E-state index contributed by atoms with van der Waals surface area (Å²) in [4.78, 5) is 0. The number of aryl methyl sites for hydroxylation is 4. The summed E-state index contributed by atoms with van der Waals surface area (Å²) in [6, 6.07) is 11.4. The molecule has 0 fully saturated rings. The summed E-state index contributed by atoms with van der Waals surface area (Å²) in [7, 11) is 0. The van der Waals surface area contributed by atoms with Gasteiger partial charge in [0.1, 0.15) is 18.3 Å². The summed E-state index contributed by atoms with van der Waals surface area (Å²) in [5.74, 6) is 0.